The second-order valence-electron chi connectivity index (χ2n) is 8.19. The number of anilines is 1. The van der Waals surface area contributed by atoms with E-state index < -0.39 is 5.60 Å². The van der Waals surface area contributed by atoms with E-state index in [0.29, 0.717) is 56.5 Å². The molecule has 2 heterocycles. The molecule has 0 spiro atoms. The molecule has 1 aliphatic heterocycles. The van der Waals surface area contributed by atoms with Crippen LogP contribution in [0.4, 0.5) is 10.6 Å². The first kappa shape index (κ1) is 22.2. The van der Waals surface area contributed by atoms with E-state index in [1.165, 1.54) is 0 Å². The molecule has 9 heteroatoms. The van der Waals surface area contributed by atoms with Gasteiger partial charge in [-0.2, -0.15) is 5.26 Å². The molecule has 0 saturated carbocycles. The molecule has 164 valence electrons. The standard InChI is InChI=1S/C22H27N5O4/c1-22(2,3)31-21(29)27-12-10-25(11-13-27)19-20(28)26(9-8-24-19)14-15-30-18-6-4-17(16-23)5-7-18/h4-9H,10-15H2,1-3H3. The van der Waals surface area contributed by atoms with Crippen molar-refractivity contribution in [2.24, 2.45) is 0 Å². The Morgan fingerprint density at radius 1 is 1.16 bits per heavy atom. The summed E-state index contributed by atoms with van der Waals surface area (Å²) in [6, 6.07) is 8.88. The van der Waals surface area contributed by atoms with Gasteiger partial charge in [-0.15, -0.1) is 0 Å². The molecule has 0 aliphatic carbocycles. The summed E-state index contributed by atoms with van der Waals surface area (Å²) in [4.78, 5) is 32.9. The number of aromatic nitrogens is 2. The molecule has 31 heavy (non-hydrogen) atoms. The van der Waals surface area contributed by atoms with Crippen molar-refractivity contribution in [3.8, 4) is 11.8 Å². The topological polar surface area (TPSA) is 101 Å². The third-order valence-corrected chi connectivity index (χ3v) is 4.71. The van der Waals surface area contributed by atoms with E-state index in [4.69, 9.17) is 14.7 Å². The van der Waals surface area contributed by atoms with Gasteiger partial charge in [0.05, 0.1) is 18.2 Å². The van der Waals surface area contributed by atoms with Crippen molar-refractivity contribution in [3.05, 3.63) is 52.6 Å². The zero-order valence-electron chi connectivity index (χ0n) is 18.1. The Bertz CT molecular complexity index is 996. The summed E-state index contributed by atoms with van der Waals surface area (Å²) in [7, 11) is 0. The maximum Gasteiger partial charge on any atom is 0.410 e. The number of rotatable bonds is 5. The lowest BCUT2D eigenvalue weighted by molar-refractivity contribution is 0.0240. The fourth-order valence-electron chi connectivity index (χ4n) is 3.14. The Labute approximate surface area is 181 Å². The molecule has 1 amide bonds. The number of benzene rings is 1. The van der Waals surface area contributed by atoms with Gasteiger partial charge in [0.2, 0.25) is 0 Å². The predicted molar refractivity (Wildman–Crippen MR) is 115 cm³/mol. The fourth-order valence-corrected chi connectivity index (χ4v) is 3.14. The van der Waals surface area contributed by atoms with Crippen molar-refractivity contribution in [2.45, 2.75) is 32.9 Å². The van der Waals surface area contributed by atoms with Gasteiger partial charge in [-0.1, -0.05) is 0 Å². The first-order valence-electron chi connectivity index (χ1n) is 10.2. The average Bonchev–Trinajstić information content (AvgIpc) is 2.74. The van der Waals surface area contributed by atoms with Gasteiger partial charge in [0.15, 0.2) is 5.82 Å². The van der Waals surface area contributed by atoms with Crippen molar-refractivity contribution in [1.29, 1.82) is 5.26 Å². The van der Waals surface area contributed by atoms with Crippen LogP contribution in [0.1, 0.15) is 26.3 Å². The molecule has 0 N–H and O–H groups in total. The number of piperazine rings is 1. The third kappa shape index (κ3) is 5.98. The average molecular weight is 425 g/mol. The molecular formula is C22H27N5O4. The lowest BCUT2D eigenvalue weighted by atomic mass is 10.2. The van der Waals surface area contributed by atoms with Gasteiger partial charge < -0.3 is 23.8 Å². The van der Waals surface area contributed by atoms with Crippen LogP contribution in [0.5, 0.6) is 5.75 Å². The number of ether oxygens (including phenoxy) is 2. The number of carbonyl (C=O) groups is 1. The summed E-state index contributed by atoms with van der Waals surface area (Å²) < 4.78 is 12.6. The minimum Gasteiger partial charge on any atom is -0.492 e. The molecule has 3 rings (SSSR count). The molecule has 0 radical (unpaired) electrons. The van der Waals surface area contributed by atoms with Gasteiger partial charge in [0, 0.05) is 38.6 Å². The summed E-state index contributed by atoms with van der Waals surface area (Å²) in [5.41, 5.74) is -0.172. The lowest BCUT2D eigenvalue weighted by Crippen LogP contribution is -2.51. The molecule has 0 atom stereocenters. The van der Waals surface area contributed by atoms with Crippen molar-refractivity contribution in [3.63, 3.8) is 0 Å². The van der Waals surface area contributed by atoms with Gasteiger partial charge >= 0.3 is 6.09 Å². The number of carbonyl (C=O) groups excluding carboxylic acids is 1. The van der Waals surface area contributed by atoms with Gasteiger partial charge in [-0.25, -0.2) is 9.78 Å². The first-order valence-corrected chi connectivity index (χ1v) is 10.2. The van der Waals surface area contributed by atoms with E-state index >= 15 is 0 Å². The van der Waals surface area contributed by atoms with Crippen molar-refractivity contribution < 1.29 is 14.3 Å². The van der Waals surface area contributed by atoms with Crippen LogP contribution in [0.3, 0.4) is 0 Å². The molecule has 1 aromatic carbocycles. The third-order valence-electron chi connectivity index (χ3n) is 4.71. The Morgan fingerprint density at radius 2 is 1.84 bits per heavy atom. The zero-order valence-corrected chi connectivity index (χ0v) is 18.1. The Balaban J connectivity index is 1.56. The molecule has 2 aromatic rings. The highest BCUT2D eigenvalue weighted by Crippen LogP contribution is 2.14. The summed E-state index contributed by atoms with van der Waals surface area (Å²) in [6.07, 6.45) is 2.88. The fraction of sp³-hybridized carbons (Fsp3) is 0.455. The van der Waals surface area contributed by atoms with Gasteiger partial charge in [0.25, 0.3) is 5.56 Å². The van der Waals surface area contributed by atoms with E-state index in [1.807, 2.05) is 25.7 Å². The SMILES string of the molecule is CC(C)(C)OC(=O)N1CCN(c2nccn(CCOc3ccc(C#N)cc3)c2=O)CC1. The Kier molecular flexibility index (Phi) is 6.80. The van der Waals surface area contributed by atoms with Crippen LogP contribution in [0.25, 0.3) is 0 Å². The van der Waals surface area contributed by atoms with E-state index in [-0.39, 0.29) is 11.7 Å². The van der Waals surface area contributed by atoms with E-state index in [2.05, 4.69) is 11.1 Å². The van der Waals surface area contributed by atoms with Crippen LogP contribution in [0, 0.1) is 11.3 Å². The maximum atomic E-state index is 12.9. The monoisotopic (exact) mass is 425 g/mol. The zero-order chi connectivity index (χ0) is 22.4. The number of hydrogen-bond acceptors (Lipinski definition) is 7. The van der Waals surface area contributed by atoms with Gasteiger partial charge in [-0.3, -0.25) is 4.79 Å². The second-order valence-corrected chi connectivity index (χ2v) is 8.19. The summed E-state index contributed by atoms with van der Waals surface area (Å²) in [5, 5.41) is 8.84. The van der Waals surface area contributed by atoms with Gasteiger partial charge in [-0.05, 0) is 45.0 Å². The summed E-state index contributed by atoms with van der Waals surface area (Å²) in [5.74, 6) is 1.00. The van der Waals surface area contributed by atoms with E-state index in [0.717, 1.165) is 0 Å². The highest BCUT2D eigenvalue weighted by atomic mass is 16.6. The minimum atomic E-state index is -0.539. The van der Waals surface area contributed by atoms with Crippen molar-refractivity contribution in [1.82, 2.24) is 14.5 Å². The lowest BCUT2D eigenvalue weighted by Gasteiger charge is -2.35. The maximum absolute atomic E-state index is 12.9. The smallest absolute Gasteiger partial charge is 0.410 e. The molecule has 0 unspecified atom stereocenters. The van der Waals surface area contributed by atoms with Crippen molar-refractivity contribution in [2.75, 3.05) is 37.7 Å². The molecule has 1 aromatic heterocycles. The van der Waals surface area contributed by atoms with Crippen LogP contribution in [-0.4, -0.2) is 58.9 Å². The number of hydrogen-bond donors (Lipinski definition) is 0. The van der Waals surface area contributed by atoms with Crippen LogP contribution < -0.4 is 15.2 Å². The molecular weight excluding hydrogens is 398 g/mol. The van der Waals surface area contributed by atoms with Crippen LogP contribution in [0.15, 0.2) is 41.5 Å². The highest BCUT2D eigenvalue weighted by Gasteiger charge is 2.27. The summed E-state index contributed by atoms with van der Waals surface area (Å²) >= 11 is 0. The highest BCUT2D eigenvalue weighted by molar-refractivity contribution is 5.68. The van der Waals surface area contributed by atoms with Crippen LogP contribution in [-0.2, 0) is 11.3 Å². The normalized spacial score (nSPS) is 14.1. The quantitative estimate of drug-likeness (QED) is 0.724. The Hall–Kier alpha value is -3.54. The molecule has 0 bridgehead atoms. The molecule has 1 saturated heterocycles. The summed E-state index contributed by atoms with van der Waals surface area (Å²) in [6.45, 7) is 8.13. The minimum absolute atomic E-state index is 0.198. The largest absolute Gasteiger partial charge is 0.492 e. The van der Waals surface area contributed by atoms with E-state index in [1.54, 1.807) is 46.1 Å². The molecule has 1 aliphatic rings. The molecule has 1 fully saturated rings. The first-order chi connectivity index (χ1) is 14.8. The molecule has 9 nitrogen and oxygen atoms in total. The van der Waals surface area contributed by atoms with Crippen molar-refractivity contribution >= 4 is 11.9 Å². The van der Waals surface area contributed by atoms with Gasteiger partial charge in [0.1, 0.15) is 18.0 Å². The number of nitrogens with zero attached hydrogens (tertiary/aromatic N) is 5. The number of amides is 1. The Morgan fingerprint density at radius 3 is 2.45 bits per heavy atom. The van der Waals surface area contributed by atoms with Crippen LogP contribution in [0.2, 0.25) is 0 Å². The van der Waals surface area contributed by atoms with E-state index in [9.17, 15) is 9.59 Å². The predicted octanol–water partition coefficient (Wildman–Crippen LogP) is 2.25. The number of nitriles is 1. The second kappa shape index (κ2) is 9.51. The van der Waals surface area contributed by atoms with Crippen LogP contribution >= 0.6 is 0 Å².